The molecule has 0 spiro atoms. The van der Waals surface area contributed by atoms with Crippen LogP contribution in [-0.4, -0.2) is 63.5 Å². The quantitative estimate of drug-likeness (QED) is 0.169. The second-order valence-corrected chi connectivity index (χ2v) is 12.1. The zero-order valence-corrected chi connectivity index (χ0v) is 25.8. The van der Waals surface area contributed by atoms with Crippen LogP contribution in [0, 0.1) is 0 Å². The minimum atomic E-state index is -0.303. The summed E-state index contributed by atoms with van der Waals surface area (Å²) >= 11 is 1.47. The van der Waals surface area contributed by atoms with Crippen molar-refractivity contribution >= 4 is 51.0 Å². The molecule has 11 heteroatoms. The third-order valence-electron chi connectivity index (χ3n) is 7.96. The Morgan fingerprint density at radius 2 is 1.82 bits per heavy atom. The van der Waals surface area contributed by atoms with Gasteiger partial charge in [-0.2, -0.15) is 0 Å². The van der Waals surface area contributed by atoms with E-state index in [1.165, 1.54) is 23.4 Å². The Hall–Kier alpha value is -5.26. The summed E-state index contributed by atoms with van der Waals surface area (Å²) in [7, 11) is 4.29. The molecule has 0 bridgehead atoms. The van der Waals surface area contributed by atoms with Crippen LogP contribution >= 0.6 is 11.3 Å². The van der Waals surface area contributed by atoms with Gasteiger partial charge in [0.15, 0.2) is 0 Å². The third-order valence-corrected chi connectivity index (χ3v) is 8.75. The molecule has 6 aromatic rings. The molecule has 7 rings (SSSR count). The Kier molecular flexibility index (Phi) is 7.85. The molecule has 1 fully saturated rings. The largest absolute Gasteiger partial charge is 0.370 e. The molecule has 1 aliphatic rings. The van der Waals surface area contributed by atoms with E-state index in [2.05, 4.69) is 69.1 Å². The highest BCUT2D eigenvalue weighted by Gasteiger charge is 2.24. The lowest BCUT2D eigenvalue weighted by molar-refractivity contribution is 0.262. The van der Waals surface area contributed by atoms with E-state index in [4.69, 9.17) is 9.97 Å². The third kappa shape index (κ3) is 6.21. The predicted octanol–water partition coefficient (Wildman–Crippen LogP) is 7.05. The maximum Gasteiger partial charge on any atom is 0.324 e. The number of thiophene rings is 1. The van der Waals surface area contributed by atoms with E-state index in [1.54, 1.807) is 6.20 Å². The molecule has 10 nitrogen and oxygen atoms in total. The molecule has 0 radical (unpaired) electrons. The van der Waals surface area contributed by atoms with Crippen LogP contribution in [0.15, 0.2) is 103 Å². The topological polar surface area (TPSA) is 103 Å². The highest BCUT2D eigenvalue weighted by atomic mass is 32.1. The Bertz CT molecular complexity index is 1940. The number of nitrogens with one attached hydrogen (secondary N) is 3. The number of fused-ring (bicyclic) bond motifs is 1. The lowest BCUT2D eigenvalue weighted by Gasteiger charge is -2.22. The molecular formula is C34H33N9OS. The Labute approximate surface area is 265 Å². The van der Waals surface area contributed by atoms with Gasteiger partial charge >= 0.3 is 6.03 Å². The first kappa shape index (κ1) is 28.5. The summed E-state index contributed by atoms with van der Waals surface area (Å²) in [5, 5.41) is 11.9. The average molecular weight is 616 g/mol. The number of likely N-dealkylation sites (N-methyl/N-ethyl adjacent to an activating group) is 1. The summed E-state index contributed by atoms with van der Waals surface area (Å²) in [6, 6.07) is 27.9. The zero-order valence-electron chi connectivity index (χ0n) is 25.0. The van der Waals surface area contributed by atoms with Crippen molar-refractivity contribution in [2.75, 3.05) is 48.0 Å². The first-order chi connectivity index (χ1) is 22.0. The number of rotatable bonds is 8. The van der Waals surface area contributed by atoms with Gasteiger partial charge in [-0.05, 0) is 92.6 Å². The highest BCUT2D eigenvalue weighted by molar-refractivity contribution is 7.14. The fourth-order valence-electron chi connectivity index (χ4n) is 5.64. The van der Waals surface area contributed by atoms with E-state index in [-0.39, 0.29) is 6.03 Å². The van der Waals surface area contributed by atoms with Crippen molar-refractivity contribution in [2.24, 2.45) is 0 Å². The van der Waals surface area contributed by atoms with Gasteiger partial charge in [0.2, 0.25) is 5.95 Å². The number of urea groups is 1. The second-order valence-electron chi connectivity index (χ2n) is 11.2. The number of amides is 2. The molecule has 3 N–H and O–H groups in total. The number of anilines is 5. The molecule has 1 saturated heterocycles. The minimum absolute atomic E-state index is 0.303. The van der Waals surface area contributed by atoms with Gasteiger partial charge < -0.3 is 20.4 Å². The van der Waals surface area contributed by atoms with Gasteiger partial charge in [-0.15, -0.1) is 11.3 Å². The van der Waals surface area contributed by atoms with Crippen LogP contribution in [0.5, 0.6) is 0 Å². The Balaban J connectivity index is 1.15. The number of pyridine rings is 1. The zero-order chi connectivity index (χ0) is 30.8. The molecule has 1 atom stereocenters. The standard InChI is InChI=1S/C34H33N9OS/c1-41(2)27-16-19-42(22-27)26-13-11-24(12-14-26)36-33-35-17-15-28(38-33)32-31(39-29-9-3-4-18-43(29)32)23-7-5-8-25(21-23)37-34(44)40-30-10-6-20-45-30/h3-15,17-18,20-21,27H,16,19,22H2,1-2H3,(H,35,36,38)(H2,37,40,44). The van der Waals surface area contributed by atoms with Gasteiger partial charge in [-0.1, -0.05) is 18.2 Å². The Morgan fingerprint density at radius 1 is 0.933 bits per heavy atom. The summed E-state index contributed by atoms with van der Waals surface area (Å²) in [4.78, 5) is 31.7. The van der Waals surface area contributed by atoms with E-state index in [1.807, 2.05) is 76.6 Å². The van der Waals surface area contributed by atoms with Crippen molar-refractivity contribution in [3.05, 3.63) is 103 Å². The first-order valence-electron chi connectivity index (χ1n) is 14.8. The van der Waals surface area contributed by atoms with Crippen LogP contribution in [0.2, 0.25) is 0 Å². The van der Waals surface area contributed by atoms with Gasteiger partial charge in [-0.3, -0.25) is 9.72 Å². The Morgan fingerprint density at radius 3 is 2.62 bits per heavy atom. The molecule has 5 heterocycles. The van der Waals surface area contributed by atoms with Crippen molar-refractivity contribution in [1.29, 1.82) is 0 Å². The molecule has 4 aromatic heterocycles. The van der Waals surface area contributed by atoms with Crippen molar-refractivity contribution in [3.8, 4) is 22.6 Å². The minimum Gasteiger partial charge on any atom is -0.370 e. The fourth-order valence-corrected chi connectivity index (χ4v) is 6.26. The van der Waals surface area contributed by atoms with Gasteiger partial charge in [0, 0.05) is 54.2 Å². The van der Waals surface area contributed by atoms with Gasteiger partial charge in [0.1, 0.15) is 5.65 Å². The van der Waals surface area contributed by atoms with Crippen molar-refractivity contribution in [2.45, 2.75) is 12.5 Å². The van der Waals surface area contributed by atoms with Gasteiger partial charge in [0.05, 0.1) is 22.1 Å². The number of hydrogen-bond acceptors (Lipinski definition) is 8. The number of aromatic nitrogens is 4. The average Bonchev–Trinajstić information content (AvgIpc) is 3.82. The van der Waals surface area contributed by atoms with Crippen molar-refractivity contribution in [3.63, 3.8) is 0 Å². The van der Waals surface area contributed by atoms with Crippen molar-refractivity contribution < 1.29 is 4.79 Å². The molecule has 226 valence electrons. The molecule has 0 aliphatic carbocycles. The van der Waals surface area contributed by atoms with Crippen LogP contribution in [0.1, 0.15) is 6.42 Å². The number of carbonyl (C=O) groups is 1. The SMILES string of the molecule is CN(C)C1CCN(c2ccc(Nc3nccc(-c4c(-c5cccc(NC(=O)Nc6cccs6)c5)nc5ccccn45)n3)cc2)C1. The first-order valence-corrected chi connectivity index (χ1v) is 15.7. The fraction of sp³-hybridized carbons (Fsp3) is 0.176. The number of imidazole rings is 1. The van der Waals surface area contributed by atoms with Crippen LogP contribution in [0.3, 0.4) is 0 Å². The van der Waals surface area contributed by atoms with Crippen LogP contribution < -0.4 is 20.9 Å². The molecular weight excluding hydrogens is 583 g/mol. The summed E-state index contributed by atoms with van der Waals surface area (Å²) in [5.74, 6) is 0.492. The van der Waals surface area contributed by atoms with E-state index >= 15 is 0 Å². The summed E-state index contributed by atoms with van der Waals surface area (Å²) in [5.41, 5.74) is 6.73. The lowest BCUT2D eigenvalue weighted by atomic mass is 10.1. The molecule has 2 amide bonds. The monoisotopic (exact) mass is 615 g/mol. The van der Waals surface area contributed by atoms with Crippen LogP contribution in [-0.2, 0) is 0 Å². The summed E-state index contributed by atoms with van der Waals surface area (Å²) in [6.45, 7) is 2.09. The number of nitrogens with zero attached hydrogens (tertiary/aromatic N) is 6. The molecule has 2 aromatic carbocycles. The van der Waals surface area contributed by atoms with E-state index in [0.29, 0.717) is 17.7 Å². The lowest BCUT2D eigenvalue weighted by Crippen LogP contribution is -2.31. The predicted molar refractivity (Wildman–Crippen MR) is 183 cm³/mol. The van der Waals surface area contributed by atoms with Gasteiger partial charge in [0.25, 0.3) is 0 Å². The normalized spacial score (nSPS) is 14.6. The number of hydrogen-bond donors (Lipinski definition) is 3. The highest BCUT2D eigenvalue weighted by Crippen LogP contribution is 2.34. The van der Waals surface area contributed by atoms with E-state index in [0.717, 1.165) is 52.1 Å². The summed E-state index contributed by atoms with van der Waals surface area (Å²) in [6.07, 6.45) is 4.90. The molecule has 0 saturated carbocycles. The summed E-state index contributed by atoms with van der Waals surface area (Å²) < 4.78 is 2.02. The molecule has 1 aliphatic heterocycles. The molecule has 45 heavy (non-hydrogen) atoms. The maximum absolute atomic E-state index is 12.6. The number of carbonyl (C=O) groups excluding carboxylic acids is 1. The van der Waals surface area contributed by atoms with E-state index in [9.17, 15) is 4.79 Å². The van der Waals surface area contributed by atoms with Crippen LogP contribution in [0.4, 0.5) is 32.8 Å². The number of benzene rings is 2. The van der Waals surface area contributed by atoms with Gasteiger partial charge in [-0.25, -0.2) is 19.7 Å². The second kappa shape index (κ2) is 12.4. The smallest absolute Gasteiger partial charge is 0.324 e. The van der Waals surface area contributed by atoms with Crippen LogP contribution in [0.25, 0.3) is 28.3 Å². The molecule has 1 unspecified atom stereocenters. The van der Waals surface area contributed by atoms with Crippen molar-refractivity contribution in [1.82, 2.24) is 24.3 Å². The maximum atomic E-state index is 12.6. The van der Waals surface area contributed by atoms with E-state index < -0.39 is 0 Å².